The quantitative estimate of drug-likeness (QED) is 0.478. The van der Waals surface area contributed by atoms with Crippen LogP contribution in [0.5, 0.6) is 0 Å². The fraction of sp³-hybridized carbons (Fsp3) is 0.368. The molecule has 0 amide bonds. The maximum atomic E-state index is 5.78. The first kappa shape index (κ1) is 18.4. The van der Waals surface area contributed by atoms with Gasteiger partial charge in [-0.1, -0.05) is 6.07 Å². The summed E-state index contributed by atoms with van der Waals surface area (Å²) in [6.45, 7) is 9.20. The van der Waals surface area contributed by atoms with Gasteiger partial charge in [-0.3, -0.25) is 10.3 Å². The fourth-order valence-corrected chi connectivity index (χ4v) is 3.07. The molecule has 6 nitrogen and oxygen atoms in total. The predicted octanol–water partition coefficient (Wildman–Crippen LogP) is 2.39. The van der Waals surface area contributed by atoms with E-state index in [2.05, 4.69) is 52.4 Å². The van der Waals surface area contributed by atoms with Crippen molar-refractivity contribution in [2.24, 2.45) is 10.8 Å². The Hall–Kier alpha value is -2.38. The summed E-state index contributed by atoms with van der Waals surface area (Å²) >= 11 is 4.69. The molecular formula is C19H25N5OS. The van der Waals surface area contributed by atoms with Crippen LogP contribution in [0.25, 0.3) is 0 Å². The van der Waals surface area contributed by atoms with Crippen LogP contribution in [0.4, 0.5) is 5.69 Å². The van der Waals surface area contributed by atoms with Gasteiger partial charge in [0.1, 0.15) is 11.5 Å². The molecule has 0 aliphatic carbocycles. The number of hydrogen-bond donors (Lipinski definition) is 2. The van der Waals surface area contributed by atoms with Gasteiger partial charge in [0, 0.05) is 31.9 Å². The fourth-order valence-electron chi connectivity index (χ4n) is 3.02. The van der Waals surface area contributed by atoms with Gasteiger partial charge in [-0.25, -0.2) is 0 Å². The molecule has 2 aromatic rings. The second kappa shape index (κ2) is 8.33. The molecule has 1 aromatic carbocycles. The normalized spacial score (nSPS) is 15.5. The number of nitrogens with zero attached hydrogens (tertiary/aromatic N) is 3. The van der Waals surface area contributed by atoms with Crippen LogP contribution >= 0.6 is 12.2 Å². The van der Waals surface area contributed by atoms with E-state index < -0.39 is 0 Å². The van der Waals surface area contributed by atoms with Gasteiger partial charge in [-0.15, -0.1) is 0 Å². The third-order valence-corrected chi connectivity index (χ3v) is 4.75. The number of hydrazone groups is 1. The zero-order valence-electron chi connectivity index (χ0n) is 15.2. The lowest BCUT2D eigenvalue weighted by Crippen LogP contribution is -2.45. The van der Waals surface area contributed by atoms with Crippen molar-refractivity contribution in [2.75, 3.05) is 31.1 Å². The van der Waals surface area contributed by atoms with Crippen LogP contribution < -0.4 is 16.1 Å². The molecular weight excluding hydrogens is 346 g/mol. The number of nitrogens with two attached hydrogens (primary N) is 1. The molecule has 0 spiro atoms. The Balaban J connectivity index is 1.51. The number of thiocarbonyl (C=S) groups is 1. The first-order chi connectivity index (χ1) is 12.5. The molecule has 7 heteroatoms. The van der Waals surface area contributed by atoms with Crippen molar-refractivity contribution in [1.29, 1.82) is 0 Å². The lowest BCUT2D eigenvalue weighted by atomic mass is 10.1. The smallest absolute Gasteiger partial charge is 0.184 e. The Morgan fingerprint density at radius 3 is 2.65 bits per heavy atom. The Labute approximate surface area is 159 Å². The topological polar surface area (TPSA) is 70.0 Å². The molecule has 1 aliphatic heterocycles. The van der Waals surface area contributed by atoms with Crippen LogP contribution in [0.1, 0.15) is 22.6 Å². The Bertz CT molecular complexity index is 793. The number of furan rings is 1. The summed E-state index contributed by atoms with van der Waals surface area (Å²) in [6.07, 6.45) is 1.57. The van der Waals surface area contributed by atoms with Crippen LogP contribution in [0.2, 0.25) is 0 Å². The van der Waals surface area contributed by atoms with Gasteiger partial charge in [0.2, 0.25) is 0 Å². The van der Waals surface area contributed by atoms with Crippen molar-refractivity contribution < 1.29 is 4.42 Å². The highest BCUT2D eigenvalue weighted by Gasteiger charge is 2.18. The van der Waals surface area contributed by atoms with Gasteiger partial charge >= 0.3 is 0 Å². The lowest BCUT2D eigenvalue weighted by molar-refractivity contribution is 0.230. The summed E-state index contributed by atoms with van der Waals surface area (Å²) < 4.78 is 5.78. The number of piperazine rings is 1. The van der Waals surface area contributed by atoms with Crippen molar-refractivity contribution in [3.05, 3.63) is 53.0 Å². The maximum absolute atomic E-state index is 5.78. The minimum atomic E-state index is 0.134. The molecule has 0 unspecified atom stereocenters. The molecule has 1 fully saturated rings. The Morgan fingerprint density at radius 2 is 1.96 bits per heavy atom. The molecule has 1 aliphatic rings. The summed E-state index contributed by atoms with van der Waals surface area (Å²) in [4.78, 5) is 4.86. The van der Waals surface area contributed by atoms with Crippen molar-refractivity contribution in [3.63, 3.8) is 0 Å². The van der Waals surface area contributed by atoms with E-state index in [1.165, 1.54) is 16.8 Å². The molecule has 138 valence electrons. The van der Waals surface area contributed by atoms with E-state index in [1.807, 2.05) is 12.1 Å². The van der Waals surface area contributed by atoms with Crippen molar-refractivity contribution in [1.82, 2.24) is 10.3 Å². The third kappa shape index (κ3) is 4.83. The van der Waals surface area contributed by atoms with E-state index in [9.17, 15) is 0 Å². The predicted molar refractivity (Wildman–Crippen MR) is 110 cm³/mol. The van der Waals surface area contributed by atoms with Gasteiger partial charge in [-0.2, -0.15) is 5.10 Å². The van der Waals surface area contributed by atoms with Crippen molar-refractivity contribution in [3.8, 4) is 0 Å². The summed E-state index contributed by atoms with van der Waals surface area (Å²) in [6, 6.07) is 10.6. The van der Waals surface area contributed by atoms with E-state index in [0.29, 0.717) is 5.76 Å². The minimum absolute atomic E-state index is 0.134. The molecule has 2 heterocycles. The summed E-state index contributed by atoms with van der Waals surface area (Å²) in [5.74, 6) is 1.61. The van der Waals surface area contributed by atoms with Crippen LogP contribution in [-0.2, 0) is 6.54 Å². The molecule has 0 atom stereocenters. The molecule has 1 saturated heterocycles. The Morgan fingerprint density at radius 1 is 1.19 bits per heavy atom. The molecule has 0 radical (unpaired) electrons. The molecule has 0 saturated carbocycles. The molecule has 3 rings (SSSR count). The number of nitrogens with one attached hydrogen (secondary N) is 1. The van der Waals surface area contributed by atoms with Gasteiger partial charge in [0.05, 0.1) is 12.8 Å². The van der Waals surface area contributed by atoms with Crippen LogP contribution in [-0.4, -0.2) is 42.4 Å². The lowest BCUT2D eigenvalue weighted by Gasteiger charge is -2.36. The number of hydrogen-bond acceptors (Lipinski definition) is 5. The van der Waals surface area contributed by atoms with Crippen molar-refractivity contribution in [2.45, 2.75) is 20.4 Å². The van der Waals surface area contributed by atoms with E-state index in [1.54, 1.807) is 6.21 Å². The zero-order valence-corrected chi connectivity index (χ0v) is 16.1. The first-order valence-electron chi connectivity index (χ1n) is 8.73. The Kier molecular flexibility index (Phi) is 5.90. The van der Waals surface area contributed by atoms with E-state index >= 15 is 0 Å². The highest BCUT2D eigenvalue weighted by molar-refractivity contribution is 7.80. The number of rotatable bonds is 5. The monoisotopic (exact) mass is 371 g/mol. The summed E-state index contributed by atoms with van der Waals surface area (Å²) in [5.41, 5.74) is 11.8. The van der Waals surface area contributed by atoms with Gasteiger partial charge in [-0.05, 0) is 61.5 Å². The largest absolute Gasteiger partial charge is 0.459 e. The molecule has 0 bridgehead atoms. The average molecular weight is 372 g/mol. The van der Waals surface area contributed by atoms with Crippen LogP contribution in [0, 0.1) is 13.8 Å². The maximum Gasteiger partial charge on any atom is 0.184 e. The molecule has 3 N–H and O–H groups in total. The standard InChI is InChI=1S/C19H25N5OS/c1-14-3-4-16(11-15(14)2)24-9-7-23(8-10-24)13-18-6-5-17(25-18)12-21-22-19(20)26/h3-6,11-12H,7-10,13H2,1-2H3,(H3,20,22,26). The highest BCUT2D eigenvalue weighted by Crippen LogP contribution is 2.21. The zero-order chi connectivity index (χ0) is 18.5. The van der Waals surface area contributed by atoms with Gasteiger partial charge < -0.3 is 15.1 Å². The number of anilines is 1. The van der Waals surface area contributed by atoms with Gasteiger partial charge in [0.25, 0.3) is 0 Å². The minimum Gasteiger partial charge on any atom is -0.459 e. The molecule has 26 heavy (non-hydrogen) atoms. The second-order valence-corrected chi connectivity index (χ2v) is 7.01. The second-order valence-electron chi connectivity index (χ2n) is 6.57. The SMILES string of the molecule is Cc1ccc(N2CCN(Cc3ccc(C=NNC(N)=S)o3)CC2)cc1C. The van der Waals surface area contributed by atoms with E-state index in [4.69, 9.17) is 22.4 Å². The first-order valence-corrected chi connectivity index (χ1v) is 9.14. The highest BCUT2D eigenvalue weighted by atomic mass is 32.1. The third-order valence-electron chi connectivity index (χ3n) is 4.66. The number of aryl methyl sites for hydroxylation is 2. The van der Waals surface area contributed by atoms with Gasteiger partial charge in [0.15, 0.2) is 5.11 Å². The average Bonchev–Trinajstić information content (AvgIpc) is 3.05. The summed E-state index contributed by atoms with van der Waals surface area (Å²) in [5, 5.41) is 4.04. The van der Waals surface area contributed by atoms with Crippen LogP contribution in [0.15, 0.2) is 39.9 Å². The molecule has 1 aromatic heterocycles. The van der Waals surface area contributed by atoms with E-state index in [-0.39, 0.29) is 5.11 Å². The summed E-state index contributed by atoms with van der Waals surface area (Å²) in [7, 11) is 0. The van der Waals surface area contributed by atoms with Crippen LogP contribution in [0.3, 0.4) is 0 Å². The van der Waals surface area contributed by atoms with Crippen molar-refractivity contribution >= 4 is 29.2 Å². The van der Waals surface area contributed by atoms with E-state index in [0.717, 1.165) is 38.5 Å². The number of benzene rings is 1.